The van der Waals surface area contributed by atoms with Gasteiger partial charge in [-0.25, -0.2) is 0 Å². The fraction of sp³-hybridized carbons (Fsp3) is 0.625. The lowest BCUT2D eigenvalue weighted by Crippen LogP contribution is -2.29. The van der Waals surface area contributed by atoms with Crippen LogP contribution in [0.2, 0.25) is 0 Å². The van der Waals surface area contributed by atoms with Gasteiger partial charge in [-0.15, -0.1) is 0 Å². The third-order valence-corrected chi connectivity index (χ3v) is 3.92. The summed E-state index contributed by atoms with van der Waals surface area (Å²) in [6.07, 6.45) is 4.78. The van der Waals surface area contributed by atoms with Gasteiger partial charge in [0.25, 0.3) is 0 Å². The molecule has 0 aromatic heterocycles. The number of methoxy groups -OCH3 is 2. The monoisotopic (exact) mass is 279 g/mol. The van der Waals surface area contributed by atoms with Gasteiger partial charge < -0.3 is 19.9 Å². The molecule has 2 N–H and O–H groups in total. The van der Waals surface area contributed by atoms with Gasteiger partial charge in [0.1, 0.15) is 6.10 Å². The first kappa shape index (κ1) is 15.1. The highest BCUT2D eigenvalue weighted by Gasteiger charge is 2.24. The minimum Gasteiger partial charge on any atom is -0.493 e. The Balaban J connectivity index is 2.08. The maximum Gasteiger partial charge on any atom is 0.161 e. The van der Waals surface area contributed by atoms with Crippen molar-refractivity contribution in [1.82, 2.24) is 0 Å². The van der Waals surface area contributed by atoms with Crippen LogP contribution in [0.25, 0.3) is 0 Å². The molecule has 2 rings (SSSR count). The topological polar surface area (TPSA) is 53.7 Å². The van der Waals surface area contributed by atoms with E-state index in [0.717, 1.165) is 42.7 Å². The Bertz CT molecular complexity index is 434. The fourth-order valence-electron chi connectivity index (χ4n) is 2.67. The highest BCUT2D eigenvalue weighted by molar-refractivity contribution is 5.43. The third kappa shape index (κ3) is 3.64. The molecule has 3 atom stereocenters. The summed E-state index contributed by atoms with van der Waals surface area (Å²) in [7, 11) is 3.43. The van der Waals surface area contributed by atoms with E-state index in [1.807, 2.05) is 25.1 Å². The van der Waals surface area contributed by atoms with Crippen molar-refractivity contribution >= 4 is 0 Å². The van der Waals surface area contributed by atoms with Crippen molar-refractivity contribution in [1.29, 1.82) is 0 Å². The van der Waals surface area contributed by atoms with Crippen molar-refractivity contribution in [3.63, 3.8) is 0 Å². The summed E-state index contributed by atoms with van der Waals surface area (Å²) in [6.45, 7) is 1.96. The van der Waals surface area contributed by atoms with Crippen LogP contribution >= 0.6 is 0 Å². The molecule has 0 spiro atoms. The Morgan fingerprint density at radius 2 is 1.90 bits per heavy atom. The van der Waals surface area contributed by atoms with Gasteiger partial charge in [0.05, 0.1) is 13.2 Å². The molecule has 0 heterocycles. The smallest absolute Gasteiger partial charge is 0.161 e. The second kappa shape index (κ2) is 6.95. The van der Waals surface area contributed by atoms with E-state index in [1.54, 1.807) is 14.2 Å². The van der Waals surface area contributed by atoms with Crippen LogP contribution in [0.1, 0.15) is 44.2 Å². The molecule has 4 heteroatoms. The molecule has 1 aromatic rings. The Morgan fingerprint density at radius 1 is 1.15 bits per heavy atom. The van der Waals surface area contributed by atoms with Gasteiger partial charge in [0.15, 0.2) is 11.5 Å². The molecule has 1 saturated carbocycles. The maximum atomic E-state index is 6.10. The molecule has 1 fully saturated rings. The Kier molecular flexibility index (Phi) is 5.26. The lowest BCUT2D eigenvalue weighted by atomic mass is 9.95. The van der Waals surface area contributed by atoms with E-state index >= 15 is 0 Å². The van der Waals surface area contributed by atoms with Crippen molar-refractivity contribution in [2.24, 2.45) is 5.73 Å². The number of benzene rings is 1. The predicted octanol–water partition coefficient (Wildman–Crippen LogP) is 3.05. The molecule has 112 valence electrons. The van der Waals surface area contributed by atoms with Crippen LogP contribution in [0.15, 0.2) is 18.2 Å². The summed E-state index contributed by atoms with van der Waals surface area (Å²) in [5.74, 6) is 1.54. The van der Waals surface area contributed by atoms with Gasteiger partial charge in [-0.05, 0) is 43.9 Å². The molecule has 4 nitrogen and oxygen atoms in total. The van der Waals surface area contributed by atoms with E-state index in [1.165, 1.54) is 0 Å². The highest BCUT2D eigenvalue weighted by atomic mass is 16.5. The van der Waals surface area contributed by atoms with Crippen LogP contribution in [0.5, 0.6) is 11.5 Å². The first-order chi connectivity index (χ1) is 9.63. The Labute approximate surface area is 121 Å². The van der Waals surface area contributed by atoms with Crippen molar-refractivity contribution < 1.29 is 14.2 Å². The SMILES string of the molecule is COc1cc(C(C)N)ccc1OC1CCCC(OC)C1. The number of rotatable bonds is 5. The zero-order chi connectivity index (χ0) is 14.5. The van der Waals surface area contributed by atoms with Gasteiger partial charge in [-0.2, -0.15) is 0 Å². The second-order valence-corrected chi connectivity index (χ2v) is 5.46. The summed E-state index contributed by atoms with van der Waals surface area (Å²) in [4.78, 5) is 0. The molecular formula is C16H25NO3. The molecule has 1 aromatic carbocycles. The van der Waals surface area contributed by atoms with Crippen LogP contribution < -0.4 is 15.2 Å². The average Bonchev–Trinajstić information content (AvgIpc) is 2.47. The van der Waals surface area contributed by atoms with E-state index in [9.17, 15) is 0 Å². The molecule has 1 aliphatic carbocycles. The quantitative estimate of drug-likeness (QED) is 0.900. The van der Waals surface area contributed by atoms with E-state index in [0.29, 0.717) is 6.10 Å². The normalized spacial score (nSPS) is 24.2. The summed E-state index contributed by atoms with van der Waals surface area (Å²) in [5.41, 5.74) is 6.94. The number of hydrogen-bond donors (Lipinski definition) is 1. The lowest BCUT2D eigenvalue weighted by molar-refractivity contribution is 0.0201. The first-order valence-electron chi connectivity index (χ1n) is 7.27. The van der Waals surface area contributed by atoms with Crippen molar-refractivity contribution in [3.8, 4) is 11.5 Å². The minimum atomic E-state index is -0.00879. The van der Waals surface area contributed by atoms with Gasteiger partial charge >= 0.3 is 0 Å². The van der Waals surface area contributed by atoms with Crippen LogP contribution in [-0.2, 0) is 4.74 Å². The average molecular weight is 279 g/mol. The zero-order valence-electron chi connectivity index (χ0n) is 12.6. The second-order valence-electron chi connectivity index (χ2n) is 5.46. The highest BCUT2D eigenvalue weighted by Crippen LogP contribution is 2.33. The van der Waals surface area contributed by atoms with E-state index < -0.39 is 0 Å². The molecule has 0 radical (unpaired) electrons. The Morgan fingerprint density at radius 3 is 2.55 bits per heavy atom. The zero-order valence-corrected chi connectivity index (χ0v) is 12.6. The van der Waals surface area contributed by atoms with E-state index in [2.05, 4.69) is 0 Å². The molecule has 0 saturated heterocycles. The first-order valence-corrected chi connectivity index (χ1v) is 7.27. The summed E-state index contributed by atoms with van der Waals surface area (Å²) < 4.78 is 17.0. The van der Waals surface area contributed by atoms with Gasteiger partial charge in [0, 0.05) is 19.6 Å². The van der Waals surface area contributed by atoms with Crippen LogP contribution in [-0.4, -0.2) is 26.4 Å². The van der Waals surface area contributed by atoms with E-state index in [4.69, 9.17) is 19.9 Å². The predicted molar refractivity (Wildman–Crippen MR) is 79.3 cm³/mol. The van der Waals surface area contributed by atoms with Crippen molar-refractivity contribution in [2.75, 3.05) is 14.2 Å². The summed E-state index contributed by atoms with van der Waals surface area (Å²) >= 11 is 0. The van der Waals surface area contributed by atoms with Crippen molar-refractivity contribution in [3.05, 3.63) is 23.8 Å². The van der Waals surface area contributed by atoms with Gasteiger partial charge in [0.2, 0.25) is 0 Å². The molecule has 3 unspecified atom stereocenters. The molecular weight excluding hydrogens is 254 g/mol. The number of hydrogen-bond acceptors (Lipinski definition) is 4. The largest absolute Gasteiger partial charge is 0.493 e. The molecule has 20 heavy (non-hydrogen) atoms. The summed E-state index contributed by atoms with van der Waals surface area (Å²) in [6, 6.07) is 5.90. The summed E-state index contributed by atoms with van der Waals surface area (Å²) in [5, 5.41) is 0. The molecule has 1 aliphatic rings. The van der Waals surface area contributed by atoms with Gasteiger partial charge in [-0.3, -0.25) is 0 Å². The fourth-order valence-corrected chi connectivity index (χ4v) is 2.67. The van der Waals surface area contributed by atoms with Gasteiger partial charge in [-0.1, -0.05) is 6.07 Å². The third-order valence-electron chi connectivity index (χ3n) is 3.92. The van der Waals surface area contributed by atoms with Crippen molar-refractivity contribution in [2.45, 2.75) is 50.9 Å². The standard InChI is InChI=1S/C16H25NO3/c1-11(17)12-7-8-15(16(9-12)19-3)20-14-6-4-5-13(10-14)18-2/h7-9,11,13-14H,4-6,10,17H2,1-3H3. The number of ether oxygens (including phenoxy) is 3. The van der Waals surface area contributed by atoms with Crippen LogP contribution in [0.4, 0.5) is 0 Å². The molecule has 0 amide bonds. The van der Waals surface area contributed by atoms with E-state index in [-0.39, 0.29) is 12.1 Å². The van der Waals surface area contributed by atoms with Crippen LogP contribution in [0, 0.1) is 0 Å². The molecule has 0 aliphatic heterocycles. The maximum absolute atomic E-state index is 6.10. The number of nitrogens with two attached hydrogens (primary N) is 1. The lowest BCUT2D eigenvalue weighted by Gasteiger charge is -2.29. The minimum absolute atomic E-state index is 0.00879. The molecule has 0 bridgehead atoms. The Hall–Kier alpha value is -1.26. The van der Waals surface area contributed by atoms with Crippen LogP contribution in [0.3, 0.4) is 0 Å².